The lowest BCUT2D eigenvalue weighted by atomic mass is 10.2. The zero-order valence-corrected chi connectivity index (χ0v) is 10.7. The highest BCUT2D eigenvalue weighted by Gasteiger charge is 2.12. The van der Waals surface area contributed by atoms with Gasteiger partial charge in [0.2, 0.25) is 0 Å². The first-order valence-corrected chi connectivity index (χ1v) is 6.22. The Morgan fingerprint density at radius 2 is 2.29 bits per heavy atom. The van der Waals surface area contributed by atoms with Gasteiger partial charge in [-0.2, -0.15) is 0 Å². The normalized spacial score (nSPS) is 10.8. The molecule has 14 heavy (non-hydrogen) atoms. The predicted molar refractivity (Wildman–Crippen MR) is 65.7 cm³/mol. The monoisotopic (exact) mass is 290 g/mol. The zero-order valence-electron chi connectivity index (χ0n) is 7.51. The Morgan fingerprint density at radius 3 is 3.00 bits per heavy atom. The van der Waals surface area contributed by atoms with Gasteiger partial charge in [0.15, 0.2) is 0 Å². The summed E-state index contributed by atoms with van der Waals surface area (Å²) < 4.78 is 7.62. The molecule has 2 aromatic rings. The molecule has 0 fully saturated rings. The molecule has 0 spiro atoms. The standard InChI is InChI=1S/C10H8BrClOS/c1-2-13-6-4-3-5-7-8(6)9(12)10(11)14-7/h3-5H,2H2,1H3. The molecule has 0 bridgehead atoms. The van der Waals surface area contributed by atoms with Crippen molar-refractivity contribution in [2.75, 3.05) is 6.61 Å². The van der Waals surface area contributed by atoms with Crippen LogP contribution in [0, 0.1) is 0 Å². The third-order valence-electron chi connectivity index (χ3n) is 1.88. The second-order valence-electron chi connectivity index (χ2n) is 2.75. The first kappa shape index (κ1) is 10.3. The minimum Gasteiger partial charge on any atom is -0.493 e. The molecule has 2 rings (SSSR count). The van der Waals surface area contributed by atoms with Crippen molar-refractivity contribution in [1.82, 2.24) is 0 Å². The SMILES string of the molecule is CCOc1cccc2sc(Br)c(Cl)c12. The molecule has 0 atom stereocenters. The molecule has 4 heteroatoms. The fourth-order valence-electron chi connectivity index (χ4n) is 1.33. The summed E-state index contributed by atoms with van der Waals surface area (Å²) in [6, 6.07) is 5.96. The van der Waals surface area contributed by atoms with E-state index in [1.54, 1.807) is 11.3 Å². The number of hydrogen-bond acceptors (Lipinski definition) is 2. The minimum absolute atomic E-state index is 0.656. The minimum atomic E-state index is 0.656. The number of benzene rings is 1. The summed E-state index contributed by atoms with van der Waals surface area (Å²) in [6.45, 7) is 2.62. The molecule has 1 aromatic carbocycles. The van der Waals surface area contributed by atoms with Crippen molar-refractivity contribution in [2.24, 2.45) is 0 Å². The van der Waals surface area contributed by atoms with E-state index in [1.807, 2.05) is 25.1 Å². The van der Waals surface area contributed by atoms with E-state index >= 15 is 0 Å². The first-order valence-electron chi connectivity index (χ1n) is 4.23. The largest absolute Gasteiger partial charge is 0.493 e. The van der Waals surface area contributed by atoms with Gasteiger partial charge in [0.05, 0.1) is 20.8 Å². The number of hydrogen-bond donors (Lipinski definition) is 0. The number of ether oxygens (including phenoxy) is 1. The van der Waals surface area contributed by atoms with Crippen LogP contribution in [0.1, 0.15) is 6.92 Å². The van der Waals surface area contributed by atoms with Crippen molar-refractivity contribution >= 4 is 49.0 Å². The third kappa shape index (κ3) is 1.64. The molecule has 0 radical (unpaired) electrons. The van der Waals surface area contributed by atoms with Gasteiger partial charge in [0.25, 0.3) is 0 Å². The van der Waals surface area contributed by atoms with Gasteiger partial charge >= 0.3 is 0 Å². The molecule has 1 aromatic heterocycles. The number of halogens is 2. The summed E-state index contributed by atoms with van der Waals surface area (Å²) in [4.78, 5) is 0. The summed E-state index contributed by atoms with van der Waals surface area (Å²) in [5.74, 6) is 0.858. The van der Waals surface area contributed by atoms with Crippen LogP contribution in [0.25, 0.3) is 10.1 Å². The van der Waals surface area contributed by atoms with Crippen molar-refractivity contribution in [2.45, 2.75) is 6.92 Å². The lowest BCUT2D eigenvalue weighted by Crippen LogP contribution is -1.91. The van der Waals surface area contributed by atoms with E-state index in [4.69, 9.17) is 16.3 Å². The molecule has 1 heterocycles. The Hall–Kier alpha value is -0.250. The summed E-state index contributed by atoms with van der Waals surface area (Å²) in [7, 11) is 0. The fourth-order valence-corrected chi connectivity index (χ4v) is 3.25. The van der Waals surface area contributed by atoms with Gasteiger partial charge in [-0.15, -0.1) is 11.3 Å². The van der Waals surface area contributed by atoms with Crippen molar-refractivity contribution in [3.05, 3.63) is 27.0 Å². The zero-order chi connectivity index (χ0) is 10.1. The van der Waals surface area contributed by atoms with Crippen LogP contribution < -0.4 is 4.74 Å². The van der Waals surface area contributed by atoms with Crippen molar-refractivity contribution < 1.29 is 4.74 Å². The van der Waals surface area contributed by atoms with E-state index in [0.29, 0.717) is 6.61 Å². The number of rotatable bonds is 2. The second kappa shape index (κ2) is 4.09. The van der Waals surface area contributed by atoms with Crippen LogP contribution in [0.3, 0.4) is 0 Å². The number of fused-ring (bicyclic) bond motifs is 1. The third-order valence-corrected chi connectivity index (χ3v) is 4.42. The van der Waals surface area contributed by atoms with Crippen LogP contribution in [0.15, 0.2) is 22.0 Å². The van der Waals surface area contributed by atoms with E-state index in [-0.39, 0.29) is 0 Å². The molecule has 0 N–H and O–H groups in total. The van der Waals surface area contributed by atoms with Crippen LogP contribution in [-0.2, 0) is 0 Å². The van der Waals surface area contributed by atoms with Crippen LogP contribution in [0.4, 0.5) is 0 Å². The van der Waals surface area contributed by atoms with Crippen molar-refractivity contribution in [1.29, 1.82) is 0 Å². The summed E-state index contributed by atoms with van der Waals surface area (Å²) in [5, 5.41) is 1.75. The molecular formula is C10H8BrClOS. The number of thiophene rings is 1. The average Bonchev–Trinajstić information content (AvgIpc) is 2.45. The highest BCUT2D eigenvalue weighted by molar-refractivity contribution is 9.11. The summed E-state index contributed by atoms with van der Waals surface area (Å²) in [5.41, 5.74) is 0. The van der Waals surface area contributed by atoms with Gasteiger partial charge in [-0.1, -0.05) is 17.7 Å². The summed E-state index contributed by atoms with van der Waals surface area (Å²) in [6.07, 6.45) is 0. The highest BCUT2D eigenvalue weighted by atomic mass is 79.9. The topological polar surface area (TPSA) is 9.23 Å². The van der Waals surface area contributed by atoms with Gasteiger partial charge in [0.1, 0.15) is 5.75 Å². The predicted octanol–water partition coefficient (Wildman–Crippen LogP) is 4.72. The molecule has 0 saturated heterocycles. The van der Waals surface area contributed by atoms with Crippen LogP contribution in [0.2, 0.25) is 5.02 Å². The van der Waals surface area contributed by atoms with Gasteiger partial charge in [-0.05, 0) is 35.0 Å². The molecule has 0 amide bonds. The fraction of sp³-hybridized carbons (Fsp3) is 0.200. The molecule has 0 unspecified atom stereocenters. The Balaban J connectivity index is 2.71. The van der Waals surface area contributed by atoms with Crippen molar-refractivity contribution in [3.63, 3.8) is 0 Å². The van der Waals surface area contributed by atoms with Gasteiger partial charge in [-0.25, -0.2) is 0 Å². The molecule has 1 nitrogen and oxygen atoms in total. The van der Waals surface area contributed by atoms with E-state index in [1.165, 1.54) is 0 Å². The van der Waals surface area contributed by atoms with Crippen LogP contribution in [-0.4, -0.2) is 6.61 Å². The van der Waals surface area contributed by atoms with Crippen LogP contribution in [0.5, 0.6) is 5.75 Å². The average molecular weight is 292 g/mol. The summed E-state index contributed by atoms with van der Waals surface area (Å²) >= 11 is 11.2. The molecule has 0 saturated carbocycles. The molecule has 0 aliphatic carbocycles. The van der Waals surface area contributed by atoms with E-state index < -0.39 is 0 Å². The van der Waals surface area contributed by atoms with E-state index in [9.17, 15) is 0 Å². The van der Waals surface area contributed by atoms with E-state index in [0.717, 1.165) is 24.6 Å². The van der Waals surface area contributed by atoms with Gasteiger partial charge in [0, 0.05) is 4.70 Å². The lowest BCUT2D eigenvalue weighted by molar-refractivity contribution is 0.344. The molecule has 0 aliphatic rings. The second-order valence-corrected chi connectivity index (χ2v) is 5.50. The van der Waals surface area contributed by atoms with Gasteiger partial charge < -0.3 is 4.74 Å². The molecular weight excluding hydrogens is 284 g/mol. The smallest absolute Gasteiger partial charge is 0.129 e. The Kier molecular flexibility index (Phi) is 3.00. The van der Waals surface area contributed by atoms with Crippen molar-refractivity contribution in [3.8, 4) is 5.75 Å². The first-order chi connectivity index (χ1) is 6.74. The maximum absolute atomic E-state index is 6.17. The van der Waals surface area contributed by atoms with Crippen LogP contribution >= 0.6 is 38.9 Å². The highest BCUT2D eigenvalue weighted by Crippen LogP contribution is 2.43. The van der Waals surface area contributed by atoms with E-state index in [2.05, 4.69) is 15.9 Å². The Bertz CT molecular complexity index is 466. The lowest BCUT2D eigenvalue weighted by Gasteiger charge is -2.04. The maximum atomic E-state index is 6.17. The Labute approximate surface area is 99.8 Å². The Morgan fingerprint density at radius 1 is 1.50 bits per heavy atom. The quantitative estimate of drug-likeness (QED) is 0.778. The maximum Gasteiger partial charge on any atom is 0.129 e. The van der Waals surface area contributed by atoms with Gasteiger partial charge in [-0.3, -0.25) is 0 Å². The molecule has 74 valence electrons. The molecule has 0 aliphatic heterocycles.